The molecule has 0 saturated carbocycles. The van der Waals surface area contributed by atoms with Gasteiger partial charge in [-0.25, -0.2) is 0 Å². The molecule has 2 heteroatoms. The number of benzene rings is 1. The Bertz CT molecular complexity index is 281. The van der Waals surface area contributed by atoms with E-state index in [4.69, 9.17) is 4.74 Å². The molecule has 1 heterocycles. The second-order valence-electron chi connectivity index (χ2n) is 3.51. The zero-order valence-corrected chi connectivity index (χ0v) is 7.92. The van der Waals surface area contributed by atoms with Gasteiger partial charge in [0.1, 0.15) is 0 Å². The molecule has 2 nitrogen and oxygen atoms in total. The molecule has 0 spiro atoms. The summed E-state index contributed by atoms with van der Waals surface area (Å²) in [5.74, 6) is 0. The summed E-state index contributed by atoms with van der Waals surface area (Å²) < 4.78 is 5.11. The summed E-state index contributed by atoms with van der Waals surface area (Å²) in [6.07, 6.45) is 0.476. The van der Waals surface area contributed by atoms with Gasteiger partial charge < -0.3 is 10.1 Å². The van der Waals surface area contributed by atoms with E-state index in [9.17, 15) is 0 Å². The van der Waals surface area contributed by atoms with Gasteiger partial charge in [0, 0.05) is 13.1 Å². The lowest BCUT2D eigenvalue weighted by Crippen LogP contribution is -2.19. The van der Waals surface area contributed by atoms with Crippen molar-refractivity contribution >= 4 is 0 Å². The highest BCUT2D eigenvalue weighted by Crippen LogP contribution is 2.09. The maximum Gasteiger partial charge on any atom is 0.0934 e. The Morgan fingerprint density at radius 1 is 1.46 bits per heavy atom. The first-order chi connectivity index (χ1) is 6.36. The van der Waals surface area contributed by atoms with Gasteiger partial charge >= 0.3 is 0 Å². The van der Waals surface area contributed by atoms with Crippen molar-refractivity contribution in [1.29, 1.82) is 0 Å². The molecule has 1 fully saturated rings. The predicted molar refractivity (Wildman–Crippen MR) is 52.6 cm³/mol. The third-order valence-corrected chi connectivity index (χ3v) is 2.35. The lowest BCUT2D eigenvalue weighted by atomic mass is 10.1. The largest absolute Gasteiger partial charge is 0.372 e. The van der Waals surface area contributed by atoms with Gasteiger partial charge in [-0.3, -0.25) is 0 Å². The molecule has 1 aromatic carbocycles. The summed E-state index contributed by atoms with van der Waals surface area (Å²) in [4.78, 5) is 0. The van der Waals surface area contributed by atoms with Crippen molar-refractivity contribution in [3.05, 3.63) is 35.4 Å². The number of hydrogen-bond donors (Lipinski definition) is 1. The summed E-state index contributed by atoms with van der Waals surface area (Å²) in [7, 11) is 0. The number of aryl methyl sites for hydroxylation is 1. The minimum atomic E-state index is 0.476. The van der Waals surface area contributed by atoms with Gasteiger partial charge in [-0.15, -0.1) is 0 Å². The van der Waals surface area contributed by atoms with E-state index in [0.717, 1.165) is 19.7 Å². The van der Waals surface area contributed by atoms with Gasteiger partial charge in [0.15, 0.2) is 0 Å². The first kappa shape index (κ1) is 8.73. The average molecular weight is 177 g/mol. The van der Waals surface area contributed by atoms with Gasteiger partial charge in [0.05, 0.1) is 12.7 Å². The van der Waals surface area contributed by atoms with Crippen molar-refractivity contribution in [2.24, 2.45) is 0 Å². The second kappa shape index (κ2) is 3.90. The predicted octanol–water partition coefficient (Wildman–Crippen LogP) is 1.48. The van der Waals surface area contributed by atoms with Crippen LogP contribution in [0.4, 0.5) is 0 Å². The Morgan fingerprint density at radius 2 is 2.23 bits per heavy atom. The third kappa shape index (κ3) is 2.54. The second-order valence-corrected chi connectivity index (χ2v) is 3.51. The number of hydrogen-bond acceptors (Lipinski definition) is 2. The first-order valence-corrected chi connectivity index (χ1v) is 4.73. The fraction of sp³-hybridized carbons (Fsp3) is 0.455. The number of nitrogens with one attached hydrogen (secondary N) is 1. The Labute approximate surface area is 78.9 Å². The summed E-state index contributed by atoms with van der Waals surface area (Å²) in [6.45, 7) is 5.01. The lowest BCUT2D eigenvalue weighted by molar-refractivity contribution is 0.396. The van der Waals surface area contributed by atoms with Crippen LogP contribution in [0.15, 0.2) is 24.3 Å². The highest BCUT2D eigenvalue weighted by molar-refractivity contribution is 5.25. The van der Waals surface area contributed by atoms with E-state index in [2.05, 4.69) is 36.5 Å². The molecular weight excluding hydrogens is 162 g/mol. The molecule has 13 heavy (non-hydrogen) atoms. The van der Waals surface area contributed by atoms with Crippen LogP contribution in [-0.4, -0.2) is 19.3 Å². The standard InChI is InChI=1S/C11H15NO/c1-9-4-2-3-5-10(9)6-12-7-11-8-13-11/h2-5,11-12H,6-8H2,1H3. The minimum absolute atomic E-state index is 0.476. The van der Waals surface area contributed by atoms with Crippen LogP contribution >= 0.6 is 0 Å². The summed E-state index contributed by atoms with van der Waals surface area (Å²) >= 11 is 0. The molecule has 1 atom stereocenters. The summed E-state index contributed by atoms with van der Waals surface area (Å²) in [6, 6.07) is 8.46. The average Bonchev–Trinajstić information content (AvgIpc) is 2.92. The normalized spacial score (nSPS) is 20.2. The highest BCUT2D eigenvalue weighted by Gasteiger charge is 2.21. The molecule has 1 aliphatic rings. The molecule has 2 rings (SSSR count). The zero-order valence-electron chi connectivity index (χ0n) is 7.92. The third-order valence-electron chi connectivity index (χ3n) is 2.35. The fourth-order valence-electron chi connectivity index (χ4n) is 1.36. The molecule has 1 N–H and O–H groups in total. The van der Waals surface area contributed by atoms with Crippen LogP contribution in [0.1, 0.15) is 11.1 Å². The van der Waals surface area contributed by atoms with Crippen molar-refractivity contribution in [3.63, 3.8) is 0 Å². The van der Waals surface area contributed by atoms with Crippen molar-refractivity contribution in [3.8, 4) is 0 Å². The Kier molecular flexibility index (Phi) is 2.62. The van der Waals surface area contributed by atoms with Crippen LogP contribution in [0.25, 0.3) is 0 Å². The Hall–Kier alpha value is -0.860. The molecule has 0 aliphatic carbocycles. The van der Waals surface area contributed by atoms with E-state index >= 15 is 0 Å². The van der Waals surface area contributed by atoms with Crippen molar-refractivity contribution < 1.29 is 4.74 Å². The van der Waals surface area contributed by atoms with Crippen LogP contribution in [0.5, 0.6) is 0 Å². The van der Waals surface area contributed by atoms with Crippen molar-refractivity contribution in [2.75, 3.05) is 13.2 Å². The molecule has 0 amide bonds. The number of ether oxygens (including phenoxy) is 1. The van der Waals surface area contributed by atoms with E-state index in [0.29, 0.717) is 6.10 Å². The monoisotopic (exact) mass is 177 g/mol. The quantitative estimate of drug-likeness (QED) is 0.705. The smallest absolute Gasteiger partial charge is 0.0934 e. The van der Waals surface area contributed by atoms with Crippen molar-refractivity contribution in [2.45, 2.75) is 19.6 Å². The number of rotatable bonds is 4. The van der Waals surface area contributed by atoms with Gasteiger partial charge in [0.2, 0.25) is 0 Å². The van der Waals surface area contributed by atoms with Crippen LogP contribution in [-0.2, 0) is 11.3 Å². The molecule has 1 saturated heterocycles. The zero-order chi connectivity index (χ0) is 9.10. The molecule has 0 bridgehead atoms. The summed E-state index contributed by atoms with van der Waals surface area (Å²) in [5, 5.41) is 3.38. The van der Waals surface area contributed by atoms with E-state index in [-0.39, 0.29) is 0 Å². The van der Waals surface area contributed by atoms with Crippen LogP contribution in [0.2, 0.25) is 0 Å². The molecular formula is C11H15NO. The van der Waals surface area contributed by atoms with E-state index in [1.165, 1.54) is 11.1 Å². The van der Waals surface area contributed by atoms with Crippen LogP contribution < -0.4 is 5.32 Å². The number of epoxide rings is 1. The van der Waals surface area contributed by atoms with Gasteiger partial charge in [-0.2, -0.15) is 0 Å². The van der Waals surface area contributed by atoms with Gasteiger partial charge in [-0.05, 0) is 18.1 Å². The van der Waals surface area contributed by atoms with Crippen LogP contribution in [0.3, 0.4) is 0 Å². The maximum absolute atomic E-state index is 5.11. The Morgan fingerprint density at radius 3 is 2.92 bits per heavy atom. The topological polar surface area (TPSA) is 24.6 Å². The van der Waals surface area contributed by atoms with E-state index < -0.39 is 0 Å². The first-order valence-electron chi connectivity index (χ1n) is 4.73. The molecule has 0 radical (unpaired) electrons. The SMILES string of the molecule is Cc1ccccc1CNCC1CO1. The van der Waals surface area contributed by atoms with Crippen LogP contribution in [0, 0.1) is 6.92 Å². The van der Waals surface area contributed by atoms with E-state index in [1.807, 2.05) is 0 Å². The maximum atomic E-state index is 5.11. The van der Waals surface area contributed by atoms with E-state index in [1.54, 1.807) is 0 Å². The molecule has 0 aromatic heterocycles. The van der Waals surface area contributed by atoms with Crippen molar-refractivity contribution in [1.82, 2.24) is 5.32 Å². The summed E-state index contributed by atoms with van der Waals surface area (Å²) in [5.41, 5.74) is 2.73. The van der Waals surface area contributed by atoms with Gasteiger partial charge in [0.25, 0.3) is 0 Å². The molecule has 1 aliphatic heterocycles. The molecule has 1 unspecified atom stereocenters. The molecule has 70 valence electrons. The van der Waals surface area contributed by atoms with Gasteiger partial charge in [-0.1, -0.05) is 24.3 Å². The fourth-order valence-corrected chi connectivity index (χ4v) is 1.36. The minimum Gasteiger partial charge on any atom is -0.372 e. The Balaban J connectivity index is 1.82. The molecule has 1 aromatic rings. The highest BCUT2D eigenvalue weighted by atomic mass is 16.6. The lowest BCUT2D eigenvalue weighted by Gasteiger charge is -2.05.